The fourth-order valence-corrected chi connectivity index (χ4v) is 2.65. The molecule has 2 atom stereocenters. The van der Waals surface area contributed by atoms with Crippen LogP contribution in [0.1, 0.15) is 19.3 Å². The third-order valence-corrected chi connectivity index (χ3v) is 3.73. The van der Waals surface area contributed by atoms with Crippen LogP contribution in [0.25, 0.3) is 0 Å². The largest absolute Gasteiger partial charge is 0.482 e. The Bertz CT molecular complexity index is 559. The summed E-state index contributed by atoms with van der Waals surface area (Å²) in [5.74, 6) is 0.388. The second-order valence-corrected chi connectivity index (χ2v) is 5.31. The van der Waals surface area contributed by atoms with E-state index >= 15 is 0 Å². The predicted octanol–water partition coefficient (Wildman–Crippen LogP) is 1.08. The van der Waals surface area contributed by atoms with E-state index in [1.165, 1.54) is 0 Å². The summed E-state index contributed by atoms with van der Waals surface area (Å²) < 4.78 is 5.32. The molecule has 0 unspecified atom stereocenters. The van der Waals surface area contributed by atoms with Gasteiger partial charge in [0.25, 0.3) is 5.91 Å². The van der Waals surface area contributed by atoms with Crippen molar-refractivity contribution in [3.8, 4) is 5.75 Å². The Morgan fingerprint density at radius 1 is 1.40 bits per heavy atom. The molecule has 0 bridgehead atoms. The highest BCUT2D eigenvalue weighted by Gasteiger charge is 2.28. The van der Waals surface area contributed by atoms with E-state index in [1.807, 2.05) is 0 Å². The fourth-order valence-electron chi connectivity index (χ4n) is 2.65. The first-order valence-corrected chi connectivity index (χ1v) is 6.75. The Balaban J connectivity index is 1.69. The summed E-state index contributed by atoms with van der Waals surface area (Å²) in [6, 6.07) is 5.33. The van der Waals surface area contributed by atoms with Gasteiger partial charge in [0.05, 0.1) is 5.69 Å². The number of hydrogen-bond donors (Lipinski definition) is 3. The minimum absolute atomic E-state index is 0.00186. The summed E-state index contributed by atoms with van der Waals surface area (Å²) in [5.41, 5.74) is 7.12. The van der Waals surface area contributed by atoms with Gasteiger partial charge < -0.3 is 21.1 Å². The lowest BCUT2D eigenvalue weighted by Gasteiger charge is -2.19. The molecular formula is C14H17N3O3. The second kappa shape index (κ2) is 5.13. The lowest BCUT2D eigenvalue weighted by Crippen LogP contribution is -2.26. The molecule has 1 aliphatic heterocycles. The topological polar surface area (TPSA) is 93.5 Å². The quantitative estimate of drug-likeness (QED) is 0.753. The Kier molecular flexibility index (Phi) is 3.31. The number of nitrogens with one attached hydrogen (secondary N) is 2. The van der Waals surface area contributed by atoms with Crippen LogP contribution in [-0.2, 0) is 9.59 Å². The molecule has 0 radical (unpaired) electrons. The van der Waals surface area contributed by atoms with E-state index in [4.69, 9.17) is 10.5 Å². The predicted molar refractivity (Wildman–Crippen MR) is 74.5 cm³/mol. The van der Waals surface area contributed by atoms with Crippen molar-refractivity contribution in [2.24, 2.45) is 11.7 Å². The van der Waals surface area contributed by atoms with Crippen molar-refractivity contribution in [3.05, 3.63) is 18.2 Å². The number of carbonyl (C=O) groups is 2. The van der Waals surface area contributed by atoms with Gasteiger partial charge in [0.15, 0.2) is 6.61 Å². The maximum absolute atomic E-state index is 12.1. The first-order chi connectivity index (χ1) is 9.61. The van der Waals surface area contributed by atoms with Crippen LogP contribution in [-0.4, -0.2) is 24.5 Å². The molecule has 3 rings (SSSR count). The number of rotatable bonds is 2. The van der Waals surface area contributed by atoms with Gasteiger partial charge in [0.1, 0.15) is 5.75 Å². The second-order valence-electron chi connectivity index (χ2n) is 5.31. The molecule has 6 nitrogen and oxygen atoms in total. The van der Waals surface area contributed by atoms with Crippen molar-refractivity contribution in [2.45, 2.75) is 25.3 Å². The molecule has 1 saturated carbocycles. The van der Waals surface area contributed by atoms with Gasteiger partial charge in [-0.25, -0.2) is 0 Å². The molecule has 2 aliphatic rings. The summed E-state index contributed by atoms with van der Waals surface area (Å²) in [6.45, 7) is 0.00186. The first kappa shape index (κ1) is 12.9. The summed E-state index contributed by atoms with van der Waals surface area (Å²) >= 11 is 0. The van der Waals surface area contributed by atoms with Crippen LogP contribution in [0.4, 0.5) is 11.4 Å². The normalized spacial score (nSPS) is 24.6. The van der Waals surface area contributed by atoms with Crippen LogP contribution >= 0.6 is 0 Å². The highest BCUT2D eigenvalue weighted by Crippen LogP contribution is 2.31. The minimum Gasteiger partial charge on any atom is -0.482 e. The molecule has 1 fully saturated rings. The molecule has 1 aliphatic carbocycles. The van der Waals surface area contributed by atoms with E-state index in [9.17, 15) is 9.59 Å². The Morgan fingerprint density at radius 2 is 2.25 bits per heavy atom. The molecule has 2 amide bonds. The average molecular weight is 275 g/mol. The summed E-state index contributed by atoms with van der Waals surface area (Å²) in [5, 5.41) is 5.59. The molecule has 20 heavy (non-hydrogen) atoms. The minimum atomic E-state index is -0.172. The SMILES string of the molecule is N[C@H]1CC[C@@H](C(=O)Nc2ccc3c(c2)OCC(=O)N3)C1. The molecule has 4 N–H and O–H groups in total. The van der Waals surface area contributed by atoms with Gasteiger partial charge in [0.2, 0.25) is 5.91 Å². The van der Waals surface area contributed by atoms with E-state index in [0.29, 0.717) is 17.1 Å². The zero-order valence-corrected chi connectivity index (χ0v) is 11.0. The zero-order valence-electron chi connectivity index (χ0n) is 11.0. The standard InChI is InChI=1S/C14H17N3O3/c15-9-2-1-8(5-9)14(19)16-10-3-4-11-12(6-10)20-7-13(18)17-11/h3-4,6,8-9H,1-2,5,7,15H2,(H,16,19)(H,17,18)/t8-,9+/m1/s1. The van der Waals surface area contributed by atoms with Crippen LogP contribution in [0.5, 0.6) is 5.75 Å². The molecule has 1 heterocycles. The summed E-state index contributed by atoms with van der Waals surface area (Å²) in [6.07, 6.45) is 2.48. The first-order valence-electron chi connectivity index (χ1n) is 6.75. The number of carbonyl (C=O) groups excluding carboxylic acids is 2. The van der Waals surface area contributed by atoms with E-state index in [2.05, 4.69) is 10.6 Å². The molecule has 6 heteroatoms. The van der Waals surface area contributed by atoms with Crippen molar-refractivity contribution in [2.75, 3.05) is 17.2 Å². The van der Waals surface area contributed by atoms with Gasteiger partial charge in [-0.3, -0.25) is 9.59 Å². The number of nitrogens with two attached hydrogens (primary N) is 1. The van der Waals surface area contributed by atoms with E-state index in [1.54, 1.807) is 18.2 Å². The van der Waals surface area contributed by atoms with Gasteiger partial charge in [-0.15, -0.1) is 0 Å². The molecule has 1 aromatic carbocycles. The van der Waals surface area contributed by atoms with Crippen LogP contribution < -0.4 is 21.1 Å². The van der Waals surface area contributed by atoms with Crippen LogP contribution in [0.2, 0.25) is 0 Å². The Morgan fingerprint density at radius 3 is 3.00 bits per heavy atom. The monoisotopic (exact) mass is 275 g/mol. The van der Waals surface area contributed by atoms with Crippen molar-refractivity contribution in [3.63, 3.8) is 0 Å². The fraction of sp³-hybridized carbons (Fsp3) is 0.429. The number of ether oxygens (including phenoxy) is 1. The molecule has 1 aromatic rings. The molecule has 106 valence electrons. The van der Waals surface area contributed by atoms with Crippen molar-refractivity contribution in [1.82, 2.24) is 0 Å². The average Bonchev–Trinajstić information content (AvgIpc) is 2.86. The maximum atomic E-state index is 12.1. The van der Waals surface area contributed by atoms with Gasteiger partial charge in [0, 0.05) is 23.7 Å². The summed E-state index contributed by atoms with van der Waals surface area (Å²) in [4.78, 5) is 23.3. The maximum Gasteiger partial charge on any atom is 0.262 e. The number of amides is 2. The smallest absolute Gasteiger partial charge is 0.262 e. The molecule has 0 aromatic heterocycles. The van der Waals surface area contributed by atoms with Gasteiger partial charge in [-0.05, 0) is 31.4 Å². The molecule has 0 saturated heterocycles. The van der Waals surface area contributed by atoms with E-state index in [-0.39, 0.29) is 30.4 Å². The number of anilines is 2. The molecule has 0 spiro atoms. The van der Waals surface area contributed by atoms with Gasteiger partial charge in [-0.2, -0.15) is 0 Å². The summed E-state index contributed by atoms with van der Waals surface area (Å²) in [7, 11) is 0. The van der Waals surface area contributed by atoms with Crippen molar-refractivity contribution >= 4 is 23.2 Å². The lowest BCUT2D eigenvalue weighted by atomic mass is 10.1. The van der Waals surface area contributed by atoms with E-state index < -0.39 is 0 Å². The number of benzene rings is 1. The number of hydrogen-bond acceptors (Lipinski definition) is 4. The van der Waals surface area contributed by atoms with Gasteiger partial charge >= 0.3 is 0 Å². The van der Waals surface area contributed by atoms with Crippen molar-refractivity contribution in [1.29, 1.82) is 0 Å². The zero-order chi connectivity index (χ0) is 14.1. The third-order valence-electron chi connectivity index (χ3n) is 3.73. The lowest BCUT2D eigenvalue weighted by molar-refractivity contribution is -0.120. The van der Waals surface area contributed by atoms with E-state index in [0.717, 1.165) is 19.3 Å². The molecular weight excluding hydrogens is 258 g/mol. The highest BCUT2D eigenvalue weighted by atomic mass is 16.5. The van der Waals surface area contributed by atoms with Gasteiger partial charge in [-0.1, -0.05) is 0 Å². The number of fused-ring (bicyclic) bond motifs is 1. The van der Waals surface area contributed by atoms with Crippen LogP contribution in [0.3, 0.4) is 0 Å². The third kappa shape index (κ3) is 2.60. The van der Waals surface area contributed by atoms with Crippen LogP contribution in [0, 0.1) is 5.92 Å². The Labute approximate surface area is 116 Å². The van der Waals surface area contributed by atoms with Crippen LogP contribution in [0.15, 0.2) is 18.2 Å². The Hall–Kier alpha value is -2.08. The van der Waals surface area contributed by atoms with Crippen molar-refractivity contribution < 1.29 is 14.3 Å². The highest BCUT2D eigenvalue weighted by molar-refractivity contribution is 5.97.